The SMILES string of the molecule is CCCCCCC(=O)N(CCC)Cc1cccn1C. The Morgan fingerprint density at radius 1 is 1.21 bits per heavy atom. The number of rotatable bonds is 9. The van der Waals surface area contributed by atoms with Crippen LogP contribution in [-0.4, -0.2) is 21.9 Å². The number of hydrogen-bond donors (Lipinski definition) is 0. The first-order valence-electron chi connectivity index (χ1n) is 7.57. The van der Waals surface area contributed by atoms with Crippen molar-refractivity contribution in [1.29, 1.82) is 0 Å². The number of carbonyl (C=O) groups excluding carboxylic acids is 1. The second kappa shape index (κ2) is 8.78. The summed E-state index contributed by atoms with van der Waals surface area (Å²) in [5.41, 5.74) is 1.20. The second-order valence-electron chi connectivity index (χ2n) is 5.24. The third-order valence-electron chi connectivity index (χ3n) is 3.49. The predicted molar refractivity (Wildman–Crippen MR) is 79.9 cm³/mol. The van der Waals surface area contributed by atoms with Crippen molar-refractivity contribution >= 4 is 5.91 Å². The van der Waals surface area contributed by atoms with E-state index in [1.165, 1.54) is 25.0 Å². The molecule has 1 amide bonds. The van der Waals surface area contributed by atoms with Gasteiger partial charge >= 0.3 is 0 Å². The third kappa shape index (κ3) is 5.50. The van der Waals surface area contributed by atoms with Crippen molar-refractivity contribution in [2.45, 2.75) is 58.9 Å². The fourth-order valence-corrected chi connectivity index (χ4v) is 2.28. The molecular weight excluding hydrogens is 236 g/mol. The van der Waals surface area contributed by atoms with Crippen molar-refractivity contribution in [2.75, 3.05) is 6.54 Å². The van der Waals surface area contributed by atoms with Gasteiger partial charge in [0.25, 0.3) is 0 Å². The first-order chi connectivity index (χ1) is 9.19. The number of hydrogen-bond acceptors (Lipinski definition) is 1. The molecule has 108 valence electrons. The lowest BCUT2D eigenvalue weighted by Crippen LogP contribution is -2.31. The molecule has 19 heavy (non-hydrogen) atoms. The summed E-state index contributed by atoms with van der Waals surface area (Å²) in [5.74, 6) is 0.305. The standard InChI is InChI=1S/C16H28N2O/c1-4-6-7-8-11-16(19)18(12-5-2)14-15-10-9-13-17(15)3/h9-10,13H,4-8,11-12,14H2,1-3H3. The molecule has 0 saturated carbocycles. The Labute approximate surface area is 117 Å². The lowest BCUT2D eigenvalue weighted by molar-refractivity contribution is -0.132. The minimum absolute atomic E-state index is 0.305. The average molecular weight is 264 g/mol. The van der Waals surface area contributed by atoms with E-state index in [2.05, 4.69) is 24.5 Å². The molecule has 1 rings (SSSR count). The number of aromatic nitrogens is 1. The van der Waals surface area contributed by atoms with Crippen molar-refractivity contribution < 1.29 is 4.79 Å². The van der Waals surface area contributed by atoms with Gasteiger partial charge in [0, 0.05) is 31.9 Å². The minimum atomic E-state index is 0.305. The van der Waals surface area contributed by atoms with E-state index in [4.69, 9.17) is 0 Å². The van der Waals surface area contributed by atoms with Crippen LogP contribution in [-0.2, 0) is 18.4 Å². The van der Waals surface area contributed by atoms with E-state index in [9.17, 15) is 4.79 Å². The van der Waals surface area contributed by atoms with E-state index in [1.807, 2.05) is 24.2 Å². The van der Waals surface area contributed by atoms with Gasteiger partial charge in [-0.25, -0.2) is 0 Å². The molecule has 0 fully saturated rings. The molecule has 0 unspecified atom stereocenters. The molecule has 0 N–H and O–H groups in total. The van der Waals surface area contributed by atoms with Gasteiger partial charge in [0.15, 0.2) is 0 Å². The van der Waals surface area contributed by atoms with E-state index < -0.39 is 0 Å². The zero-order valence-electron chi connectivity index (χ0n) is 12.7. The maximum atomic E-state index is 12.3. The van der Waals surface area contributed by atoms with Crippen LogP contribution in [0.3, 0.4) is 0 Å². The number of carbonyl (C=O) groups is 1. The second-order valence-corrected chi connectivity index (χ2v) is 5.24. The predicted octanol–water partition coefficient (Wildman–Crippen LogP) is 3.73. The van der Waals surface area contributed by atoms with E-state index >= 15 is 0 Å². The number of aryl methyl sites for hydroxylation is 1. The minimum Gasteiger partial charge on any atom is -0.353 e. The Balaban J connectivity index is 2.47. The van der Waals surface area contributed by atoms with Gasteiger partial charge in [0.2, 0.25) is 5.91 Å². The monoisotopic (exact) mass is 264 g/mol. The van der Waals surface area contributed by atoms with Crippen LogP contribution >= 0.6 is 0 Å². The van der Waals surface area contributed by atoms with Crippen LogP contribution in [0.1, 0.15) is 58.1 Å². The molecule has 0 bridgehead atoms. The molecular formula is C16H28N2O. The molecule has 0 aliphatic rings. The zero-order chi connectivity index (χ0) is 14.1. The van der Waals surface area contributed by atoms with Crippen LogP contribution in [0.15, 0.2) is 18.3 Å². The van der Waals surface area contributed by atoms with Gasteiger partial charge in [-0.1, -0.05) is 33.1 Å². The van der Waals surface area contributed by atoms with Gasteiger partial charge < -0.3 is 9.47 Å². The smallest absolute Gasteiger partial charge is 0.222 e. The molecule has 1 aromatic rings. The van der Waals surface area contributed by atoms with Crippen LogP contribution in [0.2, 0.25) is 0 Å². The van der Waals surface area contributed by atoms with Crippen molar-refractivity contribution in [2.24, 2.45) is 7.05 Å². The highest BCUT2D eigenvalue weighted by atomic mass is 16.2. The highest BCUT2D eigenvalue weighted by Gasteiger charge is 2.13. The Hall–Kier alpha value is -1.25. The Bertz CT molecular complexity index is 371. The first-order valence-corrected chi connectivity index (χ1v) is 7.57. The molecule has 0 aliphatic carbocycles. The van der Waals surface area contributed by atoms with E-state index in [1.54, 1.807) is 0 Å². The highest BCUT2D eigenvalue weighted by Crippen LogP contribution is 2.10. The molecule has 0 aliphatic heterocycles. The number of nitrogens with zero attached hydrogens (tertiary/aromatic N) is 2. The van der Waals surface area contributed by atoms with Gasteiger partial charge in [-0.05, 0) is 25.0 Å². The number of amides is 1. The van der Waals surface area contributed by atoms with Crippen LogP contribution in [0.4, 0.5) is 0 Å². The molecule has 0 aromatic carbocycles. The summed E-state index contributed by atoms with van der Waals surface area (Å²) in [5, 5.41) is 0. The van der Waals surface area contributed by atoms with E-state index in [0.717, 1.165) is 25.9 Å². The maximum Gasteiger partial charge on any atom is 0.222 e. The summed E-state index contributed by atoms with van der Waals surface area (Å²) < 4.78 is 2.09. The fraction of sp³-hybridized carbons (Fsp3) is 0.688. The van der Waals surface area contributed by atoms with Crippen LogP contribution in [0.25, 0.3) is 0 Å². The topological polar surface area (TPSA) is 25.2 Å². The summed E-state index contributed by atoms with van der Waals surface area (Å²) in [6.45, 7) is 5.92. The van der Waals surface area contributed by atoms with Crippen LogP contribution in [0, 0.1) is 0 Å². The maximum absolute atomic E-state index is 12.3. The molecule has 0 spiro atoms. The zero-order valence-corrected chi connectivity index (χ0v) is 12.7. The van der Waals surface area contributed by atoms with Crippen molar-refractivity contribution in [1.82, 2.24) is 9.47 Å². The lowest BCUT2D eigenvalue weighted by Gasteiger charge is -2.22. The summed E-state index contributed by atoms with van der Waals surface area (Å²) >= 11 is 0. The summed E-state index contributed by atoms with van der Waals surface area (Å²) in [6.07, 6.45) is 8.40. The molecule has 0 radical (unpaired) electrons. The largest absolute Gasteiger partial charge is 0.353 e. The first kappa shape index (κ1) is 15.8. The normalized spacial score (nSPS) is 10.7. The average Bonchev–Trinajstić information content (AvgIpc) is 2.79. The van der Waals surface area contributed by atoms with Gasteiger partial charge in [-0.15, -0.1) is 0 Å². The Kier molecular flexibility index (Phi) is 7.31. The Morgan fingerprint density at radius 2 is 2.00 bits per heavy atom. The van der Waals surface area contributed by atoms with Gasteiger partial charge in [-0.2, -0.15) is 0 Å². The molecule has 1 heterocycles. The number of unbranched alkanes of at least 4 members (excludes halogenated alkanes) is 3. The van der Waals surface area contributed by atoms with Crippen molar-refractivity contribution in [3.05, 3.63) is 24.0 Å². The van der Waals surface area contributed by atoms with Crippen LogP contribution in [0.5, 0.6) is 0 Å². The van der Waals surface area contributed by atoms with Crippen molar-refractivity contribution in [3.8, 4) is 0 Å². The van der Waals surface area contributed by atoms with Gasteiger partial charge in [0.05, 0.1) is 6.54 Å². The fourth-order valence-electron chi connectivity index (χ4n) is 2.28. The van der Waals surface area contributed by atoms with Gasteiger partial charge in [0.1, 0.15) is 0 Å². The lowest BCUT2D eigenvalue weighted by atomic mass is 10.1. The molecule has 0 saturated heterocycles. The highest BCUT2D eigenvalue weighted by molar-refractivity contribution is 5.76. The molecule has 1 aromatic heterocycles. The summed E-state index contributed by atoms with van der Waals surface area (Å²) in [4.78, 5) is 14.3. The quantitative estimate of drug-likeness (QED) is 0.624. The summed E-state index contributed by atoms with van der Waals surface area (Å²) in [7, 11) is 2.03. The summed E-state index contributed by atoms with van der Waals surface area (Å²) in [6, 6.07) is 4.12. The van der Waals surface area contributed by atoms with Gasteiger partial charge in [-0.3, -0.25) is 4.79 Å². The molecule has 0 atom stereocenters. The molecule has 3 nitrogen and oxygen atoms in total. The Morgan fingerprint density at radius 3 is 2.58 bits per heavy atom. The van der Waals surface area contributed by atoms with Crippen molar-refractivity contribution in [3.63, 3.8) is 0 Å². The van der Waals surface area contributed by atoms with E-state index in [0.29, 0.717) is 12.3 Å². The van der Waals surface area contributed by atoms with Crippen LogP contribution < -0.4 is 0 Å². The van der Waals surface area contributed by atoms with E-state index in [-0.39, 0.29) is 0 Å². The molecule has 3 heteroatoms. The third-order valence-corrected chi connectivity index (χ3v) is 3.49.